The molecule has 0 radical (unpaired) electrons. The summed E-state index contributed by atoms with van der Waals surface area (Å²) < 4.78 is 11.3. The van der Waals surface area contributed by atoms with Crippen molar-refractivity contribution in [3.8, 4) is 0 Å². The summed E-state index contributed by atoms with van der Waals surface area (Å²) >= 11 is 0. The van der Waals surface area contributed by atoms with Crippen LogP contribution in [0.5, 0.6) is 0 Å². The van der Waals surface area contributed by atoms with Crippen molar-refractivity contribution < 1.29 is 19.7 Å². The van der Waals surface area contributed by atoms with E-state index in [0.717, 1.165) is 31.2 Å². The molecule has 0 bridgehead atoms. The summed E-state index contributed by atoms with van der Waals surface area (Å²) in [7, 11) is 1.62. The first kappa shape index (κ1) is 16.7. The highest BCUT2D eigenvalue weighted by Gasteiger charge is 2.49. The smallest absolute Gasteiger partial charge is 0.147 e. The number of hydrogen-bond donors (Lipinski definition) is 2. The third-order valence-electron chi connectivity index (χ3n) is 5.25. The lowest BCUT2D eigenvalue weighted by molar-refractivity contribution is -0.135. The van der Waals surface area contributed by atoms with Gasteiger partial charge in [0.25, 0.3) is 0 Å². The van der Waals surface area contributed by atoms with Crippen LogP contribution in [0.4, 0.5) is 0 Å². The Labute approximate surface area is 137 Å². The van der Waals surface area contributed by atoms with Crippen molar-refractivity contribution in [2.75, 3.05) is 13.9 Å². The monoisotopic (exact) mass is 318 g/mol. The van der Waals surface area contributed by atoms with Gasteiger partial charge in [-0.25, -0.2) is 0 Å². The minimum atomic E-state index is -0.768. The van der Waals surface area contributed by atoms with Gasteiger partial charge in [-0.3, -0.25) is 0 Å². The lowest BCUT2D eigenvalue weighted by atomic mass is 9.59. The second kappa shape index (κ2) is 7.14. The number of fused-ring (bicyclic) bond motifs is 1. The molecule has 0 saturated heterocycles. The summed E-state index contributed by atoms with van der Waals surface area (Å²) in [6.07, 6.45) is 4.88. The van der Waals surface area contributed by atoms with Crippen molar-refractivity contribution in [2.24, 2.45) is 5.41 Å². The number of aliphatic hydroxyl groups excluding tert-OH is 2. The molecule has 2 N–H and O–H groups in total. The van der Waals surface area contributed by atoms with E-state index >= 15 is 0 Å². The zero-order valence-corrected chi connectivity index (χ0v) is 13.6. The van der Waals surface area contributed by atoms with E-state index in [-0.39, 0.29) is 18.3 Å². The number of methoxy groups -OCH3 is 1. The van der Waals surface area contributed by atoms with Gasteiger partial charge >= 0.3 is 0 Å². The van der Waals surface area contributed by atoms with Crippen LogP contribution in [0.2, 0.25) is 0 Å². The van der Waals surface area contributed by atoms with E-state index in [1.54, 1.807) is 7.11 Å². The van der Waals surface area contributed by atoms with Crippen molar-refractivity contribution >= 4 is 0 Å². The first-order valence-corrected chi connectivity index (χ1v) is 8.40. The van der Waals surface area contributed by atoms with Crippen LogP contribution in [0, 0.1) is 5.41 Å². The third-order valence-corrected chi connectivity index (χ3v) is 5.25. The molecule has 1 aromatic carbocycles. The zero-order valence-electron chi connectivity index (χ0n) is 13.6. The molecule has 4 atom stereocenters. The first-order valence-electron chi connectivity index (χ1n) is 8.40. The Morgan fingerprint density at radius 2 is 2.00 bits per heavy atom. The van der Waals surface area contributed by atoms with Crippen LogP contribution < -0.4 is 0 Å². The van der Waals surface area contributed by atoms with Crippen molar-refractivity contribution in [1.82, 2.24) is 0 Å². The maximum atomic E-state index is 10.3. The van der Waals surface area contributed by atoms with Gasteiger partial charge in [0.05, 0.1) is 18.3 Å². The van der Waals surface area contributed by atoms with Crippen molar-refractivity contribution in [3.05, 3.63) is 47.5 Å². The lowest BCUT2D eigenvalue weighted by Crippen LogP contribution is -2.45. The highest BCUT2D eigenvalue weighted by atomic mass is 16.7. The Hall–Kier alpha value is -1.20. The van der Waals surface area contributed by atoms with Crippen molar-refractivity contribution in [2.45, 2.75) is 50.4 Å². The summed E-state index contributed by atoms with van der Waals surface area (Å²) in [5.41, 5.74) is 2.07. The van der Waals surface area contributed by atoms with Gasteiger partial charge in [-0.2, -0.15) is 0 Å². The number of aliphatic hydroxyl groups is 2. The fraction of sp³-hybridized carbons (Fsp3) is 0.579. The molecule has 3 unspecified atom stereocenters. The average Bonchev–Trinajstić information content (AvgIpc) is 2.57. The predicted molar refractivity (Wildman–Crippen MR) is 87.8 cm³/mol. The van der Waals surface area contributed by atoms with E-state index in [9.17, 15) is 10.2 Å². The first-order chi connectivity index (χ1) is 11.2. The molecule has 1 fully saturated rings. The van der Waals surface area contributed by atoms with Crippen molar-refractivity contribution in [3.63, 3.8) is 0 Å². The highest BCUT2D eigenvalue weighted by molar-refractivity contribution is 5.31. The van der Waals surface area contributed by atoms with Crippen LogP contribution in [0.1, 0.15) is 43.8 Å². The van der Waals surface area contributed by atoms with E-state index in [1.807, 2.05) is 24.3 Å². The fourth-order valence-electron chi connectivity index (χ4n) is 4.20. The van der Waals surface area contributed by atoms with Gasteiger partial charge in [-0.1, -0.05) is 48.4 Å². The van der Waals surface area contributed by atoms with Crippen LogP contribution in [0.3, 0.4) is 0 Å². The third kappa shape index (κ3) is 3.22. The zero-order chi connectivity index (χ0) is 16.3. The molecule has 0 spiro atoms. The summed E-state index contributed by atoms with van der Waals surface area (Å²) in [6, 6.07) is 10.1. The van der Waals surface area contributed by atoms with Gasteiger partial charge in [0, 0.05) is 12.5 Å². The normalized spacial score (nSPS) is 32.0. The van der Waals surface area contributed by atoms with Gasteiger partial charge in [-0.15, -0.1) is 0 Å². The minimum Gasteiger partial charge on any atom is -0.390 e. The standard InChI is InChI=1S/C19H26O4/c1-22-13-23-18(14-7-3-2-4-8-14)19-10-6-5-9-15(19)11-16(20)17(21)12-19/h2-4,7-8,11,16-18,20-21H,5-6,9-10,12-13H2,1H3/t16?,17?,18?,19-/m1/s1. The van der Waals surface area contributed by atoms with E-state index in [2.05, 4.69) is 12.1 Å². The highest BCUT2D eigenvalue weighted by Crippen LogP contribution is 2.56. The van der Waals surface area contributed by atoms with Crippen LogP contribution in [0.15, 0.2) is 42.0 Å². The molecular weight excluding hydrogens is 292 g/mol. The van der Waals surface area contributed by atoms with Gasteiger partial charge in [0.2, 0.25) is 0 Å². The Morgan fingerprint density at radius 3 is 2.74 bits per heavy atom. The minimum absolute atomic E-state index is 0.169. The maximum Gasteiger partial charge on any atom is 0.147 e. The van der Waals surface area contributed by atoms with E-state index in [0.29, 0.717) is 6.42 Å². The largest absolute Gasteiger partial charge is 0.390 e. The van der Waals surface area contributed by atoms with Gasteiger partial charge in [-0.05, 0) is 31.2 Å². The van der Waals surface area contributed by atoms with Gasteiger partial charge in [0.15, 0.2) is 0 Å². The molecule has 0 aromatic heterocycles. The van der Waals surface area contributed by atoms with Crippen molar-refractivity contribution in [1.29, 1.82) is 0 Å². The van der Waals surface area contributed by atoms with Crippen LogP contribution in [0.25, 0.3) is 0 Å². The quantitative estimate of drug-likeness (QED) is 0.647. The van der Waals surface area contributed by atoms with Crippen LogP contribution >= 0.6 is 0 Å². The Morgan fingerprint density at radius 1 is 1.22 bits per heavy atom. The summed E-state index contributed by atoms with van der Waals surface area (Å²) in [4.78, 5) is 0. The fourth-order valence-corrected chi connectivity index (χ4v) is 4.20. The summed E-state index contributed by atoms with van der Waals surface area (Å²) in [5.74, 6) is 0. The van der Waals surface area contributed by atoms with E-state index in [1.165, 1.54) is 5.57 Å². The molecule has 4 nitrogen and oxygen atoms in total. The number of ether oxygens (including phenoxy) is 2. The molecule has 2 aliphatic rings. The van der Waals surface area contributed by atoms with E-state index < -0.39 is 12.2 Å². The molecule has 4 heteroatoms. The molecule has 2 aliphatic carbocycles. The average molecular weight is 318 g/mol. The molecule has 1 aromatic rings. The maximum absolute atomic E-state index is 10.3. The number of benzene rings is 1. The number of rotatable bonds is 5. The van der Waals surface area contributed by atoms with Gasteiger partial charge < -0.3 is 19.7 Å². The predicted octanol–water partition coefficient (Wildman–Crippen LogP) is 2.96. The second-order valence-corrected chi connectivity index (χ2v) is 6.68. The van der Waals surface area contributed by atoms with E-state index in [4.69, 9.17) is 9.47 Å². The Kier molecular flexibility index (Phi) is 5.17. The lowest BCUT2D eigenvalue weighted by Gasteiger charge is -2.49. The molecule has 3 rings (SSSR count). The van der Waals surface area contributed by atoms with Gasteiger partial charge in [0.1, 0.15) is 6.79 Å². The molecule has 126 valence electrons. The second-order valence-electron chi connectivity index (χ2n) is 6.68. The molecule has 0 heterocycles. The summed E-state index contributed by atoms with van der Waals surface area (Å²) in [6.45, 7) is 0.216. The molecule has 23 heavy (non-hydrogen) atoms. The molecular formula is C19H26O4. The Balaban J connectivity index is 2.02. The molecule has 0 amide bonds. The van der Waals surface area contributed by atoms with Crippen LogP contribution in [-0.2, 0) is 9.47 Å². The topological polar surface area (TPSA) is 58.9 Å². The molecule has 0 aliphatic heterocycles. The Bertz CT molecular complexity index is 542. The SMILES string of the molecule is COCOC(c1ccccc1)[C@@]12CCCCC1=CC(O)C(O)C2. The number of hydrogen-bond acceptors (Lipinski definition) is 4. The molecule has 1 saturated carbocycles. The van der Waals surface area contributed by atoms with Crippen LogP contribution in [-0.4, -0.2) is 36.3 Å². The summed E-state index contributed by atoms with van der Waals surface area (Å²) in [5, 5.41) is 20.4.